The van der Waals surface area contributed by atoms with E-state index in [-0.39, 0.29) is 0 Å². The minimum atomic E-state index is 0.362. The van der Waals surface area contributed by atoms with Gasteiger partial charge in [-0.25, -0.2) is 0 Å². The number of nitrogens with one attached hydrogen (secondary N) is 2. The standard InChI is InChI=1S/C16H16N4O2S2/c1-2-21-12-7-5-11(6-8-12)18-16(23)17-10-14-19-15(20-22-14)13-4-3-9-24-13/h3-9H,2,10H2,1H3,(H2,17,18,23). The number of nitrogens with zero attached hydrogens (tertiary/aromatic N) is 2. The van der Waals surface area contributed by atoms with Crippen LogP contribution < -0.4 is 15.4 Å². The second kappa shape index (κ2) is 7.89. The molecule has 0 fully saturated rings. The van der Waals surface area contributed by atoms with Crippen LogP contribution in [0.4, 0.5) is 5.69 Å². The van der Waals surface area contributed by atoms with Crippen LogP contribution in [0.2, 0.25) is 0 Å². The zero-order valence-electron chi connectivity index (χ0n) is 13.0. The van der Waals surface area contributed by atoms with Crippen molar-refractivity contribution in [1.82, 2.24) is 15.5 Å². The van der Waals surface area contributed by atoms with Crippen molar-refractivity contribution < 1.29 is 9.26 Å². The minimum absolute atomic E-state index is 0.362. The van der Waals surface area contributed by atoms with E-state index in [1.165, 1.54) is 0 Å². The lowest BCUT2D eigenvalue weighted by Gasteiger charge is -2.09. The van der Waals surface area contributed by atoms with E-state index < -0.39 is 0 Å². The Balaban J connectivity index is 1.50. The first-order valence-electron chi connectivity index (χ1n) is 7.39. The molecule has 2 N–H and O–H groups in total. The molecule has 0 radical (unpaired) electrons. The highest BCUT2D eigenvalue weighted by atomic mass is 32.1. The van der Waals surface area contributed by atoms with Crippen LogP contribution in [0.5, 0.6) is 5.75 Å². The minimum Gasteiger partial charge on any atom is -0.494 e. The highest BCUT2D eigenvalue weighted by Gasteiger charge is 2.09. The topological polar surface area (TPSA) is 72.2 Å². The van der Waals surface area contributed by atoms with Gasteiger partial charge in [0.2, 0.25) is 11.7 Å². The Bertz CT molecular complexity index is 785. The van der Waals surface area contributed by atoms with E-state index in [2.05, 4.69) is 20.8 Å². The van der Waals surface area contributed by atoms with E-state index in [0.29, 0.717) is 30.0 Å². The van der Waals surface area contributed by atoms with Crippen molar-refractivity contribution in [2.45, 2.75) is 13.5 Å². The summed E-state index contributed by atoms with van der Waals surface area (Å²) in [5.41, 5.74) is 0.876. The normalized spacial score (nSPS) is 10.4. The van der Waals surface area contributed by atoms with Crippen LogP contribution in [0.25, 0.3) is 10.7 Å². The first-order valence-corrected chi connectivity index (χ1v) is 8.67. The fourth-order valence-corrected chi connectivity index (χ4v) is 2.80. The summed E-state index contributed by atoms with van der Waals surface area (Å²) in [4.78, 5) is 5.30. The molecule has 0 atom stereocenters. The number of aromatic nitrogens is 2. The quantitative estimate of drug-likeness (QED) is 0.650. The fourth-order valence-electron chi connectivity index (χ4n) is 1.96. The lowest BCUT2D eigenvalue weighted by atomic mass is 10.3. The lowest BCUT2D eigenvalue weighted by molar-refractivity contribution is 0.340. The van der Waals surface area contributed by atoms with Crippen LogP contribution in [-0.4, -0.2) is 21.9 Å². The number of benzene rings is 1. The third-order valence-electron chi connectivity index (χ3n) is 3.03. The van der Waals surface area contributed by atoms with Crippen LogP contribution >= 0.6 is 23.6 Å². The number of rotatable bonds is 6. The van der Waals surface area contributed by atoms with Crippen molar-refractivity contribution in [1.29, 1.82) is 0 Å². The number of anilines is 1. The molecule has 124 valence electrons. The van der Waals surface area contributed by atoms with Gasteiger partial charge >= 0.3 is 0 Å². The highest BCUT2D eigenvalue weighted by molar-refractivity contribution is 7.80. The monoisotopic (exact) mass is 360 g/mol. The van der Waals surface area contributed by atoms with E-state index in [4.69, 9.17) is 21.5 Å². The Morgan fingerprint density at radius 3 is 2.83 bits per heavy atom. The molecule has 6 nitrogen and oxygen atoms in total. The van der Waals surface area contributed by atoms with Crippen molar-refractivity contribution in [3.8, 4) is 16.5 Å². The van der Waals surface area contributed by atoms with Crippen LogP contribution in [0.1, 0.15) is 12.8 Å². The van der Waals surface area contributed by atoms with E-state index >= 15 is 0 Å². The van der Waals surface area contributed by atoms with E-state index in [1.807, 2.05) is 48.7 Å². The summed E-state index contributed by atoms with van der Waals surface area (Å²) in [6.07, 6.45) is 0. The van der Waals surface area contributed by atoms with Gasteiger partial charge in [-0.3, -0.25) is 0 Å². The average molecular weight is 360 g/mol. The van der Waals surface area contributed by atoms with Gasteiger partial charge in [0.1, 0.15) is 5.75 Å². The summed E-state index contributed by atoms with van der Waals surface area (Å²) in [6, 6.07) is 11.5. The Morgan fingerprint density at radius 2 is 2.12 bits per heavy atom. The van der Waals surface area contributed by atoms with E-state index in [1.54, 1.807) is 11.3 Å². The van der Waals surface area contributed by atoms with Crippen LogP contribution in [0.15, 0.2) is 46.3 Å². The highest BCUT2D eigenvalue weighted by Crippen LogP contribution is 2.21. The molecule has 3 aromatic rings. The molecular weight excluding hydrogens is 344 g/mol. The summed E-state index contributed by atoms with van der Waals surface area (Å²) >= 11 is 6.83. The van der Waals surface area contributed by atoms with E-state index in [0.717, 1.165) is 16.3 Å². The second-order valence-electron chi connectivity index (χ2n) is 4.75. The third-order valence-corrected chi connectivity index (χ3v) is 4.15. The Hall–Kier alpha value is -2.45. The lowest BCUT2D eigenvalue weighted by Crippen LogP contribution is -2.27. The van der Waals surface area contributed by atoms with Crippen LogP contribution in [0, 0.1) is 0 Å². The zero-order chi connectivity index (χ0) is 16.8. The molecule has 3 rings (SSSR count). The number of thiocarbonyl (C=S) groups is 1. The van der Waals surface area contributed by atoms with Crippen molar-refractivity contribution in [2.75, 3.05) is 11.9 Å². The SMILES string of the molecule is CCOc1ccc(NC(=S)NCc2nc(-c3cccs3)no2)cc1. The fraction of sp³-hybridized carbons (Fsp3) is 0.188. The summed E-state index contributed by atoms with van der Waals surface area (Å²) in [6.45, 7) is 2.96. The summed E-state index contributed by atoms with van der Waals surface area (Å²) < 4.78 is 10.6. The molecule has 0 saturated heterocycles. The van der Waals surface area contributed by atoms with Gasteiger partial charge in [0.05, 0.1) is 18.0 Å². The van der Waals surface area contributed by atoms with Crippen molar-refractivity contribution in [3.63, 3.8) is 0 Å². The molecule has 0 aliphatic heterocycles. The maximum Gasteiger partial charge on any atom is 0.246 e. The van der Waals surface area contributed by atoms with Gasteiger partial charge in [-0.15, -0.1) is 11.3 Å². The Morgan fingerprint density at radius 1 is 1.29 bits per heavy atom. The number of hydrogen-bond donors (Lipinski definition) is 2. The van der Waals surface area contributed by atoms with Gasteiger partial charge in [0.25, 0.3) is 0 Å². The summed E-state index contributed by atoms with van der Waals surface area (Å²) in [5.74, 6) is 1.90. The van der Waals surface area contributed by atoms with Crippen molar-refractivity contribution >= 4 is 34.4 Å². The zero-order valence-corrected chi connectivity index (χ0v) is 14.6. The average Bonchev–Trinajstić information content (AvgIpc) is 3.26. The number of ether oxygens (including phenoxy) is 1. The van der Waals surface area contributed by atoms with Crippen molar-refractivity contribution in [2.24, 2.45) is 0 Å². The predicted molar refractivity (Wildman–Crippen MR) is 98.3 cm³/mol. The second-order valence-corrected chi connectivity index (χ2v) is 6.11. The van der Waals surface area contributed by atoms with Crippen LogP contribution in [-0.2, 0) is 6.54 Å². The molecule has 0 amide bonds. The first-order chi connectivity index (χ1) is 11.7. The molecule has 2 aromatic heterocycles. The number of thiophene rings is 1. The molecule has 2 heterocycles. The molecule has 0 saturated carbocycles. The largest absolute Gasteiger partial charge is 0.494 e. The van der Waals surface area contributed by atoms with Gasteiger partial charge in [0.15, 0.2) is 5.11 Å². The number of hydrogen-bond acceptors (Lipinski definition) is 6. The van der Waals surface area contributed by atoms with Gasteiger partial charge in [-0.05, 0) is 54.9 Å². The van der Waals surface area contributed by atoms with Crippen LogP contribution in [0.3, 0.4) is 0 Å². The smallest absolute Gasteiger partial charge is 0.246 e. The van der Waals surface area contributed by atoms with Crippen molar-refractivity contribution in [3.05, 3.63) is 47.7 Å². The summed E-state index contributed by atoms with van der Waals surface area (Å²) in [7, 11) is 0. The maximum atomic E-state index is 5.40. The maximum absolute atomic E-state index is 5.40. The molecule has 24 heavy (non-hydrogen) atoms. The molecule has 0 bridgehead atoms. The molecule has 1 aromatic carbocycles. The van der Waals surface area contributed by atoms with Gasteiger partial charge < -0.3 is 19.9 Å². The molecule has 0 aliphatic carbocycles. The van der Waals surface area contributed by atoms with E-state index in [9.17, 15) is 0 Å². The molecule has 0 spiro atoms. The molecule has 0 aliphatic rings. The first kappa shape index (κ1) is 16.4. The van der Waals surface area contributed by atoms with Gasteiger partial charge in [-0.2, -0.15) is 4.98 Å². The summed E-state index contributed by atoms with van der Waals surface area (Å²) in [5, 5.41) is 12.5. The predicted octanol–water partition coefficient (Wildman–Crippen LogP) is 3.68. The molecule has 0 unspecified atom stereocenters. The molecular formula is C16H16N4O2S2. The van der Waals surface area contributed by atoms with Gasteiger partial charge in [0, 0.05) is 5.69 Å². The molecule has 8 heteroatoms. The van der Waals surface area contributed by atoms with Gasteiger partial charge in [-0.1, -0.05) is 11.2 Å². The Kier molecular flexibility index (Phi) is 5.39. The Labute approximate surface area is 148 Å². The third kappa shape index (κ3) is 4.30.